The number of hydrogen-bond donors (Lipinski definition) is 1. The Bertz CT molecular complexity index is 520. The number of aromatic nitrogens is 2. The Morgan fingerprint density at radius 2 is 2.32 bits per heavy atom. The van der Waals surface area contributed by atoms with Gasteiger partial charge in [0.1, 0.15) is 5.02 Å². The second kappa shape index (κ2) is 5.13. The van der Waals surface area contributed by atoms with Crippen LogP contribution in [0.15, 0.2) is 11.0 Å². The van der Waals surface area contributed by atoms with Crippen molar-refractivity contribution in [2.75, 3.05) is 18.0 Å². The zero-order valence-corrected chi connectivity index (χ0v) is 11.9. The fourth-order valence-electron chi connectivity index (χ4n) is 2.68. The van der Waals surface area contributed by atoms with E-state index in [1.165, 1.54) is 30.4 Å². The minimum Gasteiger partial charge on any atom is -0.364 e. The molecule has 0 spiro atoms. The van der Waals surface area contributed by atoms with E-state index < -0.39 is 0 Å². The lowest BCUT2D eigenvalue weighted by Crippen LogP contribution is -2.40. The normalized spacial score (nSPS) is 22.7. The largest absolute Gasteiger partial charge is 0.364 e. The Morgan fingerprint density at radius 3 is 2.95 bits per heavy atom. The molecule has 0 aromatic carbocycles. The summed E-state index contributed by atoms with van der Waals surface area (Å²) >= 11 is 6.22. The maximum Gasteiger partial charge on any atom is 0.287 e. The van der Waals surface area contributed by atoms with Crippen LogP contribution < -0.4 is 15.8 Å². The number of hydrogen-bond acceptors (Lipinski definition) is 4. The van der Waals surface area contributed by atoms with Gasteiger partial charge in [0.2, 0.25) is 0 Å². The summed E-state index contributed by atoms with van der Waals surface area (Å²) in [5.41, 5.74) is 0.574. The average Bonchev–Trinajstić information content (AvgIpc) is 3.12. The van der Waals surface area contributed by atoms with Crippen molar-refractivity contribution in [2.24, 2.45) is 7.05 Å². The molecule has 6 heteroatoms. The van der Waals surface area contributed by atoms with E-state index in [1.54, 1.807) is 13.2 Å². The maximum absolute atomic E-state index is 11.9. The molecule has 1 atom stereocenters. The van der Waals surface area contributed by atoms with E-state index in [2.05, 4.69) is 15.3 Å². The van der Waals surface area contributed by atoms with E-state index in [0.717, 1.165) is 18.8 Å². The minimum atomic E-state index is -0.218. The van der Waals surface area contributed by atoms with Crippen LogP contribution in [0, 0.1) is 0 Å². The van der Waals surface area contributed by atoms with Gasteiger partial charge >= 0.3 is 0 Å². The summed E-state index contributed by atoms with van der Waals surface area (Å²) in [6.07, 6.45) is 6.50. The molecule has 19 heavy (non-hydrogen) atoms. The van der Waals surface area contributed by atoms with Gasteiger partial charge in [-0.3, -0.25) is 4.79 Å². The van der Waals surface area contributed by atoms with Crippen molar-refractivity contribution in [1.82, 2.24) is 15.1 Å². The molecular formula is C13H19ClN4O. The van der Waals surface area contributed by atoms with Crippen molar-refractivity contribution in [1.29, 1.82) is 0 Å². The highest BCUT2D eigenvalue weighted by molar-refractivity contribution is 6.33. The molecule has 2 aliphatic rings. The van der Waals surface area contributed by atoms with Crippen LogP contribution in [0.2, 0.25) is 5.02 Å². The van der Waals surface area contributed by atoms with Crippen molar-refractivity contribution in [3.05, 3.63) is 21.6 Å². The third kappa shape index (κ3) is 2.62. The van der Waals surface area contributed by atoms with Gasteiger partial charge in [-0.15, -0.1) is 0 Å². The van der Waals surface area contributed by atoms with Crippen molar-refractivity contribution < 1.29 is 0 Å². The second-order valence-electron chi connectivity index (χ2n) is 5.45. The number of anilines is 1. The molecule has 0 amide bonds. The lowest BCUT2D eigenvalue weighted by Gasteiger charge is -2.28. The van der Waals surface area contributed by atoms with Gasteiger partial charge in [0.25, 0.3) is 5.56 Å². The quantitative estimate of drug-likeness (QED) is 0.900. The molecule has 2 heterocycles. The Balaban J connectivity index is 1.87. The number of rotatable bonds is 4. The highest BCUT2D eigenvalue weighted by Gasteiger charge is 2.33. The second-order valence-corrected chi connectivity index (χ2v) is 5.83. The summed E-state index contributed by atoms with van der Waals surface area (Å²) < 4.78 is 1.28. The van der Waals surface area contributed by atoms with E-state index in [0.29, 0.717) is 17.1 Å². The van der Waals surface area contributed by atoms with Crippen LogP contribution in [0.1, 0.15) is 25.7 Å². The van der Waals surface area contributed by atoms with Gasteiger partial charge in [-0.2, -0.15) is 5.10 Å². The Labute approximate surface area is 117 Å². The van der Waals surface area contributed by atoms with Crippen molar-refractivity contribution in [3.63, 3.8) is 0 Å². The zero-order valence-electron chi connectivity index (χ0n) is 11.1. The summed E-state index contributed by atoms with van der Waals surface area (Å²) in [6.45, 7) is 2.00. The average molecular weight is 283 g/mol. The van der Waals surface area contributed by atoms with Gasteiger partial charge in [-0.25, -0.2) is 4.68 Å². The van der Waals surface area contributed by atoms with E-state index in [4.69, 9.17) is 11.6 Å². The summed E-state index contributed by atoms with van der Waals surface area (Å²) in [5, 5.41) is 7.89. The van der Waals surface area contributed by atoms with Gasteiger partial charge in [0.05, 0.1) is 11.9 Å². The van der Waals surface area contributed by atoms with Gasteiger partial charge < -0.3 is 10.2 Å². The Morgan fingerprint density at radius 1 is 1.53 bits per heavy atom. The topological polar surface area (TPSA) is 50.2 Å². The first-order valence-corrected chi connectivity index (χ1v) is 7.26. The molecule has 2 fully saturated rings. The third-order valence-corrected chi connectivity index (χ3v) is 4.29. The number of aryl methyl sites for hydroxylation is 1. The first kappa shape index (κ1) is 12.9. The minimum absolute atomic E-state index is 0.218. The molecule has 1 aliphatic heterocycles. The highest BCUT2D eigenvalue weighted by Crippen LogP contribution is 2.34. The molecule has 5 nitrogen and oxygen atoms in total. The predicted molar refractivity (Wildman–Crippen MR) is 75.9 cm³/mol. The molecule has 1 N–H and O–H groups in total. The van der Waals surface area contributed by atoms with Crippen LogP contribution in [0.25, 0.3) is 0 Å². The molecule has 1 aromatic rings. The fourth-order valence-corrected chi connectivity index (χ4v) is 2.96. The molecular weight excluding hydrogens is 264 g/mol. The number of halogens is 1. The smallest absolute Gasteiger partial charge is 0.287 e. The summed E-state index contributed by atoms with van der Waals surface area (Å²) in [7, 11) is 1.62. The van der Waals surface area contributed by atoms with Crippen molar-refractivity contribution in [2.45, 2.75) is 37.8 Å². The summed E-state index contributed by atoms with van der Waals surface area (Å²) in [6, 6.07) is 1.02. The highest BCUT2D eigenvalue weighted by atomic mass is 35.5. The molecule has 0 radical (unpaired) electrons. The molecule has 3 rings (SSSR count). The molecule has 1 aromatic heterocycles. The van der Waals surface area contributed by atoms with Gasteiger partial charge in [0.15, 0.2) is 0 Å². The van der Waals surface area contributed by atoms with E-state index in [9.17, 15) is 4.79 Å². The third-order valence-electron chi connectivity index (χ3n) is 3.94. The van der Waals surface area contributed by atoms with Crippen LogP contribution in [-0.4, -0.2) is 35.0 Å². The van der Waals surface area contributed by atoms with Crippen LogP contribution in [0.4, 0.5) is 5.69 Å². The maximum atomic E-state index is 11.9. The van der Waals surface area contributed by atoms with Crippen LogP contribution in [0.5, 0.6) is 0 Å². The van der Waals surface area contributed by atoms with E-state index in [1.807, 2.05) is 0 Å². The van der Waals surface area contributed by atoms with Crippen LogP contribution in [-0.2, 0) is 7.05 Å². The molecule has 104 valence electrons. The predicted octanol–water partition coefficient (Wildman–Crippen LogP) is 1.15. The fraction of sp³-hybridized carbons (Fsp3) is 0.692. The number of nitrogens with zero attached hydrogens (tertiary/aromatic N) is 3. The zero-order chi connectivity index (χ0) is 13.4. The van der Waals surface area contributed by atoms with Crippen LogP contribution in [0.3, 0.4) is 0 Å². The van der Waals surface area contributed by atoms with Crippen molar-refractivity contribution >= 4 is 17.3 Å². The van der Waals surface area contributed by atoms with Crippen molar-refractivity contribution in [3.8, 4) is 0 Å². The molecule has 1 saturated heterocycles. The SMILES string of the molecule is Cn1ncc(N(CC2CCCN2)C2CC2)c(Cl)c1=O. The first-order chi connectivity index (χ1) is 9.16. The molecule has 1 saturated carbocycles. The molecule has 1 aliphatic carbocycles. The lowest BCUT2D eigenvalue weighted by molar-refractivity contribution is 0.576. The molecule has 1 unspecified atom stereocenters. The number of nitrogens with one attached hydrogen (secondary N) is 1. The van der Waals surface area contributed by atoms with E-state index >= 15 is 0 Å². The summed E-state index contributed by atoms with van der Waals surface area (Å²) in [4.78, 5) is 14.2. The van der Waals surface area contributed by atoms with E-state index in [-0.39, 0.29) is 5.56 Å². The first-order valence-electron chi connectivity index (χ1n) is 6.88. The Kier molecular flexibility index (Phi) is 3.50. The molecule has 0 bridgehead atoms. The standard InChI is InChI=1S/C13H19ClN4O/c1-17-13(19)12(14)11(7-16-17)18(10-4-5-10)8-9-3-2-6-15-9/h7,9-10,15H,2-6,8H2,1H3. The van der Waals surface area contributed by atoms with Gasteiger partial charge in [-0.1, -0.05) is 11.6 Å². The monoisotopic (exact) mass is 282 g/mol. The van der Waals surface area contributed by atoms with Gasteiger partial charge in [-0.05, 0) is 32.2 Å². The van der Waals surface area contributed by atoms with Gasteiger partial charge in [0, 0.05) is 25.7 Å². The Hall–Kier alpha value is -1.07. The lowest BCUT2D eigenvalue weighted by atomic mass is 10.2. The summed E-state index contributed by atoms with van der Waals surface area (Å²) in [5.74, 6) is 0. The van der Waals surface area contributed by atoms with Crippen LogP contribution >= 0.6 is 11.6 Å².